The summed E-state index contributed by atoms with van der Waals surface area (Å²) in [5.74, 6) is -0.0270. The molecule has 1 fully saturated rings. The van der Waals surface area contributed by atoms with Crippen LogP contribution in [-0.4, -0.2) is 41.9 Å². The van der Waals surface area contributed by atoms with Crippen molar-refractivity contribution >= 4 is 21.8 Å². The van der Waals surface area contributed by atoms with E-state index in [9.17, 15) is 9.18 Å². The highest BCUT2D eigenvalue weighted by Gasteiger charge is 2.21. The van der Waals surface area contributed by atoms with Crippen LogP contribution in [0.1, 0.15) is 11.1 Å². The number of carbonyl (C=O) groups is 1. The highest BCUT2D eigenvalue weighted by Crippen LogP contribution is 2.13. The molecular formula is C19H20BrFN2O. The van der Waals surface area contributed by atoms with E-state index in [2.05, 4.69) is 20.8 Å². The molecule has 2 aromatic rings. The predicted octanol–water partition coefficient (Wildman–Crippen LogP) is 3.48. The maximum Gasteiger partial charge on any atom is 0.227 e. The quantitative estimate of drug-likeness (QED) is 0.797. The number of amides is 1. The van der Waals surface area contributed by atoms with E-state index in [1.54, 1.807) is 0 Å². The first kappa shape index (κ1) is 17.1. The van der Waals surface area contributed by atoms with Gasteiger partial charge in [0.05, 0.1) is 6.42 Å². The van der Waals surface area contributed by atoms with Gasteiger partial charge in [-0.1, -0.05) is 40.2 Å². The molecule has 3 rings (SSSR count). The number of halogens is 2. The summed E-state index contributed by atoms with van der Waals surface area (Å²) in [7, 11) is 0. The standard InChI is InChI=1S/C19H20BrFN2O/c20-17-5-1-15(2-6-17)13-19(24)23-11-9-22(10-12-23)14-16-3-7-18(21)8-4-16/h1-8H,9-14H2. The Morgan fingerprint density at radius 3 is 2.12 bits per heavy atom. The van der Waals surface area contributed by atoms with E-state index < -0.39 is 0 Å². The van der Waals surface area contributed by atoms with Crippen LogP contribution in [-0.2, 0) is 17.8 Å². The molecule has 5 heteroatoms. The molecule has 1 amide bonds. The fraction of sp³-hybridized carbons (Fsp3) is 0.316. The summed E-state index contributed by atoms with van der Waals surface area (Å²) in [6.45, 7) is 4.00. The number of benzene rings is 2. The van der Waals surface area contributed by atoms with Crippen molar-refractivity contribution in [2.75, 3.05) is 26.2 Å². The summed E-state index contributed by atoms with van der Waals surface area (Å²) in [4.78, 5) is 16.6. The molecule has 1 heterocycles. The summed E-state index contributed by atoms with van der Waals surface area (Å²) in [5, 5.41) is 0. The molecule has 24 heavy (non-hydrogen) atoms. The molecule has 1 aliphatic heterocycles. The first-order valence-electron chi connectivity index (χ1n) is 8.09. The Balaban J connectivity index is 1.48. The lowest BCUT2D eigenvalue weighted by Gasteiger charge is -2.34. The van der Waals surface area contributed by atoms with Crippen LogP contribution in [0.15, 0.2) is 53.0 Å². The number of hydrogen-bond acceptors (Lipinski definition) is 2. The maximum absolute atomic E-state index is 12.9. The predicted molar refractivity (Wildman–Crippen MR) is 96.1 cm³/mol. The van der Waals surface area contributed by atoms with Crippen LogP contribution in [0, 0.1) is 5.82 Å². The van der Waals surface area contributed by atoms with E-state index in [0.717, 1.165) is 48.3 Å². The molecule has 0 unspecified atom stereocenters. The van der Waals surface area contributed by atoms with Crippen LogP contribution < -0.4 is 0 Å². The maximum atomic E-state index is 12.9. The molecule has 0 saturated carbocycles. The molecule has 0 bridgehead atoms. The van der Waals surface area contributed by atoms with E-state index in [-0.39, 0.29) is 11.7 Å². The second-order valence-corrected chi connectivity index (χ2v) is 7.00. The minimum absolute atomic E-state index is 0.179. The molecule has 1 aliphatic rings. The number of piperazine rings is 1. The van der Waals surface area contributed by atoms with Crippen molar-refractivity contribution in [1.82, 2.24) is 9.80 Å². The van der Waals surface area contributed by atoms with Gasteiger partial charge in [-0.15, -0.1) is 0 Å². The zero-order valence-electron chi connectivity index (χ0n) is 13.4. The Bertz CT molecular complexity index is 680. The van der Waals surface area contributed by atoms with Gasteiger partial charge in [-0.25, -0.2) is 4.39 Å². The van der Waals surface area contributed by atoms with Crippen LogP contribution >= 0.6 is 15.9 Å². The van der Waals surface area contributed by atoms with Gasteiger partial charge in [0, 0.05) is 37.2 Å². The SMILES string of the molecule is O=C(Cc1ccc(Br)cc1)N1CCN(Cc2ccc(F)cc2)CC1. The molecule has 0 radical (unpaired) electrons. The Morgan fingerprint density at radius 2 is 1.50 bits per heavy atom. The van der Waals surface area contributed by atoms with Crippen LogP contribution in [0.2, 0.25) is 0 Å². The van der Waals surface area contributed by atoms with E-state index in [4.69, 9.17) is 0 Å². The largest absolute Gasteiger partial charge is 0.340 e. The van der Waals surface area contributed by atoms with E-state index in [1.807, 2.05) is 41.3 Å². The number of rotatable bonds is 4. The van der Waals surface area contributed by atoms with Crippen molar-refractivity contribution in [3.05, 3.63) is 69.9 Å². The lowest BCUT2D eigenvalue weighted by atomic mass is 10.1. The van der Waals surface area contributed by atoms with Crippen molar-refractivity contribution in [2.24, 2.45) is 0 Å². The van der Waals surface area contributed by atoms with E-state index in [0.29, 0.717) is 6.42 Å². The topological polar surface area (TPSA) is 23.6 Å². The number of hydrogen-bond donors (Lipinski definition) is 0. The third-order valence-electron chi connectivity index (χ3n) is 4.31. The summed E-state index contributed by atoms with van der Waals surface area (Å²) >= 11 is 3.40. The molecular weight excluding hydrogens is 371 g/mol. The molecule has 1 saturated heterocycles. The van der Waals surface area contributed by atoms with E-state index >= 15 is 0 Å². The molecule has 2 aromatic carbocycles. The third-order valence-corrected chi connectivity index (χ3v) is 4.84. The highest BCUT2D eigenvalue weighted by atomic mass is 79.9. The minimum Gasteiger partial charge on any atom is -0.340 e. The summed E-state index contributed by atoms with van der Waals surface area (Å²) in [6, 6.07) is 14.5. The highest BCUT2D eigenvalue weighted by molar-refractivity contribution is 9.10. The molecule has 3 nitrogen and oxygen atoms in total. The van der Waals surface area contributed by atoms with Gasteiger partial charge in [0.25, 0.3) is 0 Å². The van der Waals surface area contributed by atoms with Gasteiger partial charge in [0.15, 0.2) is 0 Å². The molecule has 0 aromatic heterocycles. The van der Waals surface area contributed by atoms with Crippen molar-refractivity contribution in [1.29, 1.82) is 0 Å². The van der Waals surface area contributed by atoms with Crippen LogP contribution in [0.3, 0.4) is 0 Å². The normalized spacial score (nSPS) is 15.5. The van der Waals surface area contributed by atoms with E-state index in [1.165, 1.54) is 12.1 Å². The van der Waals surface area contributed by atoms with Gasteiger partial charge in [-0.3, -0.25) is 9.69 Å². The monoisotopic (exact) mass is 390 g/mol. The van der Waals surface area contributed by atoms with Crippen LogP contribution in [0.5, 0.6) is 0 Å². The summed E-state index contributed by atoms with van der Waals surface area (Å²) < 4.78 is 14.0. The van der Waals surface area contributed by atoms with Crippen molar-refractivity contribution < 1.29 is 9.18 Å². The molecule has 0 atom stereocenters. The van der Waals surface area contributed by atoms with Gasteiger partial charge in [-0.2, -0.15) is 0 Å². The lowest BCUT2D eigenvalue weighted by molar-refractivity contribution is -0.132. The van der Waals surface area contributed by atoms with Crippen molar-refractivity contribution in [2.45, 2.75) is 13.0 Å². The molecule has 126 valence electrons. The van der Waals surface area contributed by atoms with Crippen molar-refractivity contribution in [3.8, 4) is 0 Å². The van der Waals surface area contributed by atoms with Gasteiger partial charge in [-0.05, 0) is 35.4 Å². The average Bonchev–Trinajstić information content (AvgIpc) is 2.59. The average molecular weight is 391 g/mol. The van der Waals surface area contributed by atoms with Gasteiger partial charge in [0.2, 0.25) is 5.91 Å². The van der Waals surface area contributed by atoms with Gasteiger partial charge in [0.1, 0.15) is 5.82 Å². The van der Waals surface area contributed by atoms with Gasteiger partial charge >= 0.3 is 0 Å². The Kier molecular flexibility index (Phi) is 5.63. The Morgan fingerprint density at radius 1 is 0.917 bits per heavy atom. The first-order chi connectivity index (χ1) is 11.6. The second-order valence-electron chi connectivity index (χ2n) is 6.09. The molecule has 0 N–H and O–H groups in total. The number of carbonyl (C=O) groups excluding carboxylic acids is 1. The van der Waals surface area contributed by atoms with Crippen molar-refractivity contribution in [3.63, 3.8) is 0 Å². The Labute approximate surface area is 150 Å². The first-order valence-corrected chi connectivity index (χ1v) is 8.88. The van der Waals surface area contributed by atoms with Crippen LogP contribution in [0.25, 0.3) is 0 Å². The van der Waals surface area contributed by atoms with Crippen LogP contribution in [0.4, 0.5) is 4.39 Å². The summed E-state index contributed by atoms with van der Waals surface area (Å²) in [6.07, 6.45) is 0.450. The Hall–Kier alpha value is -1.72. The fourth-order valence-corrected chi connectivity index (χ4v) is 3.16. The molecule has 0 spiro atoms. The zero-order valence-corrected chi connectivity index (χ0v) is 15.0. The zero-order chi connectivity index (χ0) is 16.9. The molecule has 0 aliphatic carbocycles. The van der Waals surface area contributed by atoms with Gasteiger partial charge < -0.3 is 4.90 Å². The third kappa shape index (κ3) is 4.65. The smallest absolute Gasteiger partial charge is 0.227 e. The second kappa shape index (κ2) is 7.90. The summed E-state index contributed by atoms with van der Waals surface area (Å²) in [5.41, 5.74) is 2.14. The minimum atomic E-state index is -0.206. The number of nitrogens with zero attached hydrogens (tertiary/aromatic N) is 2. The fourth-order valence-electron chi connectivity index (χ4n) is 2.89. The lowest BCUT2D eigenvalue weighted by Crippen LogP contribution is -2.48.